The standard InChI is InChI=1S/C29H21ClN2O4S/c1-17-3-8-20(9-4-17)31-29-32(21-10-5-18(2)6-11-21)27(33)26(37-29)16-22-12-14-25(36-22)19-7-13-24(30)23(15-19)28(34)35/h3-16H,1-2H3,(H,34,35)/b26-16+,31-29?. The molecule has 37 heavy (non-hydrogen) atoms. The van der Waals surface area contributed by atoms with Crippen molar-refractivity contribution in [3.63, 3.8) is 0 Å². The Morgan fingerprint density at radius 2 is 1.65 bits per heavy atom. The highest BCUT2D eigenvalue weighted by molar-refractivity contribution is 8.19. The molecule has 1 aliphatic heterocycles. The van der Waals surface area contributed by atoms with Crippen LogP contribution in [0.3, 0.4) is 0 Å². The van der Waals surface area contributed by atoms with Gasteiger partial charge in [0, 0.05) is 11.6 Å². The van der Waals surface area contributed by atoms with Gasteiger partial charge >= 0.3 is 5.97 Å². The molecule has 184 valence electrons. The lowest BCUT2D eigenvalue weighted by atomic mass is 10.1. The maximum absolute atomic E-state index is 13.5. The second-order valence-electron chi connectivity index (χ2n) is 8.52. The molecule has 4 aromatic rings. The predicted octanol–water partition coefficient (Wildman–Crippen LogP) is 7.72. The Hall–Kier alpha value is -4.07. The van der Waals surface area contributed by atoms with E-state index in [0.29, 0.717) is 27.2 Å². The van der Waals surface area contributed by atoms with Crippen LogP contribution < -0.4 is 4.90 Å². The summed E-state index contributed by atoms with van der Waals surface area (Å²) < 4.78 is 5.94. The van der Waals surface area contributed by atoms with Crippen LogP contribution >= 0.6 is 23.4 Å². The number of benzene rings is 3. The number of hydrogen-bond acceptors (Lipinski definition) is 5. The highest BCUT2D eigenvalue weighted by atomic mass is 35.5. The minimum absolute atomic E-state index is 0.0114. The third kappa shape index (κ3) is 5.23. The lowest BCUT2D eigenvalue weighted by Crippen LogP contribution is -2.28. The average Bonchev–Trinajstić information content (AvgIpc) is 3.46. The van der Waals surface area contributed by atoms with Gasteiger partial charge in [0.15, 0.2) is 5.17 Å². The number of aryl methyl sites for hydroxylation is 2. The van der Waals surface area contributed by atoms with E-state index in [9.17, 15) is 14.7 Å². The fraction of sp³-hybridized carbons (Fsp3) is 0.0690. The number of amidine groups is 1. The average molecular weight is 529 g/mol. The molecule has 0 spiro atoms. The molecule has 1 aliphatic rings. The second kappa shape index (κ2) is 10.1. The number of thioether (sulfide) groups is 1. The molecule has 1 aromatic heterocycles. The summed E-state index contributed by atoms with van der Waals surface area (Å²) in [6.07, 6.45) is 1.67. The van der Waals surface area contributed by atoms with Gasteiger partial charge in [-0.3, -0.25) is 9.69 Å². The van der Waals surface area contributed by atoms with Gasteiger partial charge in [-0.05, 0) is 80.2 Å². The van der Waals surface area contributed by atoms with Crippen molar-refractivity contribution in [1.82, 2.24) is 0 Å². The molecule has 0 atom stereocenters. The van der Waals surface area contributed by atoms with Crippen molar-refractivity contribution in [2.45, 2.75) is 13.8 Å². The number of halogens is 1. The Morgan fingerprint density at radius 1 is 0.973 bits per heavy atom. The third-order valence-corrected chi connectivity index (χ3v) is 7.04. The van der Waals surface area contributed by atoms with E-state index in [4.69, 9.17) is 21.0 Å². The molecule has 2 heterocycles. The molecule has 6 nitrogen and oxygen atoms in total. The number of carbonyl (C=O) groups is 2. The van der Waals surface area contributed by atoms with Crippen LogP contribution in [0.15, 0.2) is 93.2 Å². The lowest BCUT2D eigenvalue weighted by Gasteiger charge is -2.16. The van der Waals surface area contributed by atoms with Crippen molar-refractivity contribution in [3.8, 4) is 11.3 Å². The van der Waals surface area contributed by atoms with Crippen LogP contribution in [0.4, 0.5) is 11.4 Å². The van der Waals surface area contributed by atoms with Gasteiger partial charge in [-0.1, -0.05) is 47.0 Å². The SMILES string of the molecule is Cc1ccc(N=C2S/C(=C/c3ccc(-c4ccc(Cl)c(C(=O)O)c4)o3)C(=O)N2c2ccc(C)cc2)cc1. The normalized spacial score (nSPS) is 15.6. The van der Waals surface area contributed by atoms with Crippen molar-refractivity contribution in [2.75, 3.05) is 4.90 Å². The van der Waals surface area contributed by atoms with Crippen LogP contribution in [-0.4, -0.2) is 22.2 Å². The van der Waals surface area contributed by atoms with Crippen LogP contribution in [0.25, 0.3) is 17.4 Å². The summed E-state index contributed by atoms with van der Waals surface area (Å²) in [7, 11) is 0. The van der Waals surface area contributed by atoms with E-state index in [1.807, 2.05) is 62.4 Å². The molecular weight excluding hydrogens is 508 g/mol. The Bertz CT molecular complexity index is 1570. The number of nitrogens with zero attached hydrogens (tertiary/aromatic N) is 2. The number of carbonyl (C=O) groups excluding carboxylic acids is 1. The van der Waals surface area contributed by atoms with Gasteiger partial charge in [0.1, 0.15) is 11.5 Å². The quantitative estimate of drug-likeness (QED) is 0.268. The van der Waals surface area contributed by atoms with E-state index < -0.39 is 5.97 Å². The van der Waals surface area contributed by atoms with Crippen molar-refractivity contribution in [3.05, 3.63) is 111 Å². The number of rotatable bonds is 5. The van der Waals surface area contributed by atoms with Crippen molar-refractivity contribution < 1.29 is 19.1 Å². The fourth-order valence-corrected chi connectivity index (χ4v) is 4.94. The van der Waals surface area contributed by atoms with E-state index >= 15 is 0 Å². The Balaban J connectivity index is 1.50. The van der Waals surface area contributed by atoms with Crippen LogP contribution in [0, 0.1) is 13.8 Å². The molecule has 1 amide bonds. The maximum Gasteiger partial charge on any atom is 0.337 e. The van der Waals surface area contributed by atoms with E-state index in [-0.39, 0.29) is 16.5 Å². The van der Waals surface area contributed by atoms with E-state index in [1.54, 1.807) is 29.2 Å². The van der Waals surface area contributed by atoms with E-state index in [1.165, 1.54) is 23.9 Å². The smallest absolute Gasteiger partial charge is 0.337 e. The summed E-state index contributed by atoms with van der Waals surface area (Å²) in [6, 6.07) is 23.6. The number of hydrogen-bond donors (Lipinski definition) is 1. The van der Waals surface area contributed by atoms with Gasteiger partial charge < -0.3 is 9.52 Å². The fourth-order valence-electron chi connectivity index (χ4n) is 3.76. The number of aromatic carboxylic acids is 1. The molecule has 5 rings (SSSR count). The predicted molar refractivity (Wildman–Crippen MR) is 149 cm³/mol. The van der Waals surface area contributed by atoms with Crippen molar-refractivity contribution >= 4 is 57.9 Å². The molecule has 1 N–H and O–H groups in total. The van der Waals surface area contributed by atoms with Gasteiger partial charge in [0.25, 0.3) is 5.91 Å². The Kier molecular flexibility index (Phi) is 6.74. The molecule has 0 aliphatic carbocycles. The molecule has 8 heteroatoms. The first kappa shape index (κ1) is 24.6. The van der Waals surface area contributed by atoms with Gasteiger partial charge in [-0.25, -0.2) is 9.79 Å². The van der Waals surface area contributed by atoms with Crippen LogP contribution in [0.2, 0.25) is 5.02 Å². The molecule has 0 saturated carbocycles. The molecule has 3 aromatic carbocycles. The molecule has 0 radical (unpaired) electrons. The van der Waals surface area contributed by atoms with Gasteiger partial charge in [0.05, 0.1) is 26.9 Å². The van der Waals surface area contributed by atoms with Gasteiger partial charge in [-0.2, -0.15) is 0 Å². The number of furan rings is 1. The zero-order chi connectivity index (χ0) is 26.1. The summed E-state index contributed by atoms with van der Waals surface area (Å²) in [5, 5.41) is 10.0. The first-order valence-corrected chi connectivity index (χ1v) is 12.6. The highest BCUT2D eigenvalue weighted by Gasteiger charge is 2.35. The zero-order valence-electron chi connectivity index (χ0n) is 19.9. The van der Waals surface area contributed by atoms with Crippen LogP contribution in [0.5, 0.6) is 0 Å². The number of anilines is 1. The zero-order valence-corrected chi connectivity index (χ0v) is 21.5. The van der Waals surface area contributed by atoms with Crippen molar-refractivity contribution in [1.29, 1.82) is 0 Å². The van der Waals surface area contributed by atoms with E-state index in [0.717, 1.165) is 22.5 Å². The minimum Gasteiger partial charge on any atom is -0.478 e. The third-order valence-electron chi connectivity index (χ3n) is 5.74. The molecular formula is C29H21ClN2O4S. The van der Waals surface area contributed by atoms with Gasteiger partial charge in [0.2, 0.25) is 0 Å². The number of aliphatic imine (C=N–C) groups is 1. The Morgan fingerprint density at radius 3 is 2.32 bits per heavy atom. The molecule has 0 unspecified atom stereocenters. The topological polar surface area (TPSA) is 83.1 Å². The second-order valence-corrected chi connectivity index (χ2v) is 9.93. The molecule has 0 bridgehead atoms. The molecule has 1 fully saturated rings. The first-order chi connectivity index (χ1) is 17.8. The number of carboxylic acid groups (broad SMARTS) is 1. The van der Waals surface area contributed by atoms with Crippen LogP contribution in [-0.2, 0) is 4.79 Å². The Labute approximate surface area is 222 Å². The summed E-state index contributed by atoms with van der Waals surface area (Å²) in [4.78, 5) is 31.8. The number of carboxylic acids is 1. The summed E-state index contributed by atoms with van der Waals surface area (Å²) in [5.74, 6) is -0.411. The summed E-state index contributed by atoms with van der Waals surface area (Å²) in [5.41, 5.74) is 4.24. The van der Waals surface area contributed by atoms with Gasteiger partial charge in [-0.15, -0.1) is 0 Å². The largest absolute Gasteiger partial charge is 0.478 e. The van der Waals surface area contributed by atoms with Crippen molar-refractivity contribution in [2.24, 2.45) is 4.99 Å². The first-order valence-electron chi connectivity index (χ1n) is 11.4. The number of amides is 1. The summed E-state index contributed by atoms with van der Waals surface area (Å²) in [6.45, 7) is 4.00. The maximum atomic E-state index is 13.5. The summed E-state index contributed by atoms with van der Waals surface area (Å²) >= 11 is 7.25. The van der Waals surface area contributed by atoms with E-state index in [2.05, 4.69) is 0 Å². The molecule has 1 saturated heterocycles. The monoisotopic (exact) mass is 528 g/mol. The van der Waals surface area contributed by atoms with Crippen LogP contribution in [0.1, 0.15) is 27.2 Å². The highest BCUT2D eigenvalue weighted by Crippen LogP contribution is 2.38. The minimum atomic E-state index is -1.12. The lowest BCUT2D eigenvalue weighted by molar-refractivity contribution is -0.113.